The van der Waals surface area contributed by atoms with Gasteiger partial charge in [-0.25, -0.2) is 4.79 Å². The third-order valence-corrected chi connectivity index (χ3v) is 6.68. The maximum Gasteiger partial charge on any atom is 0.407 e. The third kappa shape index (κ3) is 4.91. The summed E-state index contributed by atoms with van der Waals surface area (Å²) < 4.78 is 5.53. The molecule has 2 aliphatic rings. The molecule has 2 atom stereocenters. The van der Waals surface area contributed by atoms with Crippen LogP contribution in [0.15, 0.2) is 48.5 Å². The van der Waals surface area contributed by atoms with Crippen molar-refractivity contribution < 1.29 is 24.2 Å². The van der Waals surface area contributed by atoms with E-state index in [4.69, 9.17) is 11.2 Å². The summed E-state index contributed by atoms with van der Waals surface area (Å²) in [6.07, 6.45) is 6.14. The number of terminal acetylenes is 1. The van der Waals surface area contributed by atoms with Crippen molar-refractivity contribution in [2.75, 3.05) is 6.61 Å². The molecule has 0 saturated heterocycles. The van der Waals surface area contributed by atoms with Crippen LogP contribution in [-0.4, -0.2) is 41.3 Å². The molecule has 176 valence electrons. The Kier molecular flexibility index (Phi) is 6.60. The minimum absolute atomic E-state index is 0.0379. The summed E-state index contributed by atoms with van der Waals surface area (Å²) in [6, 6.07) is 15.0. The summed E-state index contributed by atoms with van der Waals surface area (Å²) in [5, 5.41) is 14.6. The second-order valence-electron chi connectivity index (χ2n) is 9.18. The Labute approximate surface area is 198 Å². The molecule has 7 nitrogen and oxygen atoms in total. The van der Waals surface area contributed by atoms with Gasteiger partial charge in [0.15, 0.2) is 0 Å². The van der Waals surface area contributed by atoms with Gasteiger partial charge in [0.1, 0.15) is 12.6 Å². The molecule has 0 aromatic heterocycles. The molecule has 0 radical (unpaired) electrons. The number of amides is 2. The summed E-state index contributed by atoms with van der Waals surface area (Å²) >= 11 is 0. The molecule has 2 aliphatic carbocycles. The highest BCUT2D eigenvalue weighted by Gasteiger charge is 2.45. The highest BCUT2D eigenvalue weighted by Crippen LogP contribution is 2.44. The Morgan fingerprint density at radius 1 is 1.12 bits per heavy atom. The van der Waals surface area contributed by atoms with E-state index in [1.54, 1.807) is 6.92 Å². The fourth-order valence-electron chi connectivity index (χ4n) is 4.80. The number of carboxylic acid groups (broad SMARTS) is 1. The van der Waals surface area contributed by atoms with Crippen LogP contribution >= 0.6 is 0 Å². The Balaban J connectivity index is 1.40. The molecular weight excluding hydrogens is 432 g/mol. The first kappa shape index (κ1) is 23.4. The second-order valence-corrected chi connectivity index (χ2v) is 9.18. The average Bonchev–Trinajstić information content (AvgIpc) is 3.61. The van der Waals surface area contributed by atoms with Crippen molar-refractivity contribution >= 4 is 18.0 Å². The van der Waals surface area contributed by atoms with Gasteiger partial charge in [0, 0.05) is 12.3 Å². The Hall–Kier alpha value is -3.79. The van der Waals surface area contributed by atoms with Crippen molar-refractivity contribution in [3.05, 3.63) is 59.7 Å². The van der Waals surface area contributed by atoms with E-state index in [0.717, 1.165) is 35.1 Å². The number of alkyl carbamates (subject to hydrolysis) is 1. The molecule has 0 heterocycles. The van der Waals surface area contributed by atoms with Crippen LogP contribution in [0, 0.1) is 18.3 Å². The van der Waals surface area contributed by atoms with E-state index >= 15 is 0 Å². The predicted octanol–water partition coefficient (Wildman–Crippen LogP) is 3.68. The standard InChI is InChI=1S/C27H28N2O5/c1-3-8-23(25(32)29-27(2,15-24(30)31)17-13-14-17)28-26(33)34-16-22-20-11-6-4-9-18(20)19-10-5-7-12-21(19)22/h1,4-7,9-12,17,22-23H,8,13-16H2,2H3,(H,28,33)(H,29,32)(H,30,31). The molecule has 0 bridgehead atoms. The second kappa shape index (κ2) is 9.60. The van der Waals surface area contributed by atoms with E-state index in [9.17, 15) is 19.5 Å². The fourth-order valence-corrected chi connectivity index (χ4v) is 4.80. The smallest absolute Gasteiger partial charge is 0.407 e. The van der Waals surface area contributed by atoms with E-state index in [0.29, 0.717) is 0 Å². The Morgan fingerprint density at radius 2 is 1.71 bits per heavy atom. The first-order chi connectivity index (χ1) is 16.3. The lowest BCUT2D eigenvalue weighted by Crippen LogP contribution is -2.56. The first-order valence-electron chi connectivity index (χ1n) is 11.4. The predicted molar refractivity (Wildman–Crippen MR) is 127 cm³/mol. The molecule has 1 fully saturated rings. The van der Waals surface area contributed by atoms with Gasteiger partial charge < -0.3 is 20.5 Å². The number of hydrogen-bond donors (Lipinski definition) is 3. The number of nitrogens with one attached hydrogen (secondary N) is 2. The van der Waals surface area contributed by atoms with Gasteiger partial charge in [-0.15, -0.1) is 12.3 Å². The number of rotatable bonds is 9. The van der Waals surface area contributed by atoms with Crippen molar-refractivity contribution in [2.24, 2.45) is 5.92 Å². The molecule has 0 aliphatic heterocycles. The van der Waals surface area contributed by atoms with Gasteiger partial charge in [0.25, 0.3) is 0 Å². The molecule has 34 heavy (non-hydrogen) atoms. The molecule has 2 amide bonds. The zero-order chi connectivity index (χ0) is 24.3. The number of benzene rings is 2. The van der Waals surface area contributed by atoms with Crippen LogP contribution < -0.4 is 10.6 Å². The zero-order valence-corrected chi connectivity index (χ0v) is 19.0. The molecule has 3 N–H and O–H groups in total. The molecule has 2 aromatic carbocycles. The van der Waals surface area contributed by atoms with Gasteiger partial charge in [-0.3, -0.25) is 9.59 Å². The van der Waals surface area contributed by atoms with E-state index in [1.807, 2.05) is 36.4 Å². The molecule has 2 unspecified atom stereocenters. The summed E-state index contributed by atoms with van der Waals surface area (Å²) in [5.41, 5.74) is 3.52. The zero-order valence-electron chi connectivity index (χ0n) is 19.0. The van der Waals surface area contributed by atoms with Gasteiger partial charge in [0.2, 0.25) is 5.91 Å². The molecular formula is C27H28N2O5. The van der Waals surface area contributed by atoms with Crippen LogP contribution in [0.1, 0.15) is 49.7 Å². The average molecular weight is 461 g/mol. The largest absolute Gasteiger partial charge is 0.481 e. The normalized spacial score (nSPS) is 16.8. The summed E-state index contributed by atoms with van der Waals surface area (Å²) in [6.45, 7) is 1.83. The Bertz CT molecular complexity index is 1100. The van der Waals surface area contributed by atoms with Crippen molar-refractivity contribution in [1.29, 1.82) is 0 Å². The maximum atomic E-state index is 12.9. The van der Waals surface area contributed by atoms with Crippen LogP contribution in [0.3, 0.4) is 0 Å². The fraction of sp³-hybridized carbons (Fsp3) is 0.370. The van der Waals surface area contributed by atoms with Gasteiger partial charge in [-0.2, -0.15) is 0 Å². The minimum Gasteiger partial charge on any atom is -0.481 e. The van der Waals surface area contributed by atoms with Crippen molar-refractivity contribution in [3.63, 3.8) is 0 Å². The summed E-state index contributed by atoms with van der Waals surface area (Å²) in [7, 11) is 0. The maximum absolute atomic E-state index is 12.9. The Morgan fingerprint density at radius 3 is 2.24 bits per heavy atom. The van der Waals surface area contributed by atoms with E-state index < -0.39 is 29.6 Å². The first-order valence-corrected chi connectivity index (χ1v) is 11.4. The number of carbonyl (C=O) groups excluding carboxylic acids is 2. The van der Waals surface area contributed by atoms with Crippen molar-refractivity contribution in [1.82, 2.24) is 10.6 Å². The van der Waals surface area contributed by atoms with E-state index in [2.05, 4.69) is 28.7 Å². The number of ether oxygens (including phenoxy) is 1. The summed E-state index contributed by atoms with van der Waals surface area (Å²) in [4.78, 5) is 36.9. The topological polar surface area (TPSA) is 105 Å². The van der Waals surface area contributed by atoms with Gasteiger partial charge >= 0.3 is 12.1 Å². The number of aliphatic carboxylic acids is 1. The van der Waals surface area contributed by atoms with Gasteiger partial charge in [-0.05, 0) is 47.9 Å². The number of fused-ring (bicyclic) bond motifs is 3. The lowest BCUT2D eigenvalue weighted by molar-refractivity contribution is -0.139. The van der Waals surface area contributed by atoms with Crippen molar-refractivity contribution in [2.45, 2.75) is 50.1 Å². The van der Waals surface area contributed by atoms with Crippen molar-refractivity contribution in [3.8, 4) is 23.5 Å². The lowest BCUT2D eigenvalue weighted by Gasteiger charge is -2.31. The van der Waals surface area contributed by atoms with Crippen LogP contribution in [0.25, 0.3) is 11.1 Å². The number of carbonyl (C=O) groups is 3. The molecule has 2 aromatic rings. The SMILES string of the molecule is C#CCC(NC(=O)OCC1c2ccccc2-c2ccccc21)C(=O)NC(C)(CC(=O)O)C1CC1. The van der Waals surface area contributed by atoms with E-state index in [-0.39, 0.29) is 31.3 Å². The molecule has 7 heteroatoms. The van der Waals surface area contributed by atoms with Crippen LogP contribution in [0.2, 0.25) is 0 Å². The van der Waals surface area contributed by atoms with Gasteiger partial charge in [0.05, 0.1) is 12.0 Å². The summed E-state index contributed by atoms with van der Waals surface area (Å²) in [5.74, 6) is 0.883. The molecule has 0 spiro atoms. The molecule has 4 rings (SSSR count). The monoisotopic (exact) mass is 460 g/mol. The third-order valence-electron chi connectivity index (χ3n) is 6.68. The van der Waals surface area contributed by atoms with Crippen LogP contribution in [0.4, 0.5) is 4.79 Å². The number of hydrogen-bond acceptors (Lipinski definition) is 4. The number of carboxylic acids is 1. The van der Waals surface area contributed by atoms with Gasteiger partial charge in [-0.1, -0.05) is 48.5 Å². The lowest BCUT2D eigenvalue weighted by atomic mass is 9.91. The van der Waals surface area contributed by atoms with E-state index in [1.165, 1.54) is 0 Å². The quantitative estimate of drug-likeness (QED) is 0.495. The van der Waals surface area contributed by atoms with Crippen LogP contribution in [-0.2, 0) is 14.3 Å². The van der Waals surface area contributed by atoms with Crippen LogP contribution in [0.5, 0.6) is 0 Å². The highest BCUT2D eigenvalue weighted by molar-refractivity contribution is 5.87. The molecule has 1 saturated carbocycles. The minimum atomic E-state index is -1.02. The highest BCUT2D eigenvalue weighted by atomic mass is 16.5.